The van der Waals surface area contributed by atoms with E-state index in [1.54, 1.807) is 0 Å². The molecule has 0 saturated heterocycles. The molecule has 0 radical (unpaired) electrons. The van der Waals surface area contributed by atoms with Crippen LogP contribution in [0.4, 0.5) is 0 Å². The van der Waals surface area contributed by atoms with Crippen molar-refractivity contribution in [3.8, 4) is 0 Å². The quantitative estimate of drug-likeness (QED) is 0.0169. The number of phosphoric ester groups is 2. The Morgan fingerprint density at radius 3 is 0.849 bits per heavy atom. The molecule has 0 heterocycles. The maximum absolute atomic E-state index is 13.1. The van der Waals surface area contributed by atoms with E-state index >= 15 is 0 Å². The number of esters is 4. The fourth-order valence-electron chi connectivity index (χ4n) is 10.5. The van der Waals surface area contributed by atoms with Crippen molar-refractivity contribution in [2.24, 2.45) is 0 Å². The Kier molecular flexibility index (Phi) is 74.3. The zero-order valence-electron chi connectivity index (χ0n) is 66.3. The lowest BCUT2D eigenvalue weighted by molar-refractivity contribution is -0.161. The zero-order chi connectivity index (χ0) is 77.4. The van der Waals surface area contributed by atoms with E-state index in [0.717, 1.165) is 161 Å². The summed E-state index contributed by atoms with van der Waals surface area (Å²) >= 11 is 0. The smallest absolute Gasteiger partial charge is 0.462 e. The fourth-order valence-corrected chi connectivity index (χ4v) is 12.1. The number of ether oxygens (including phenoxy) is 4. The molecule has 606 valence electrons. The van der Waals surface area contributed by atoms with E-state index < -0.39 is 97.5 Å². The first-order valence-corrected chi connectivity index (χ1v) is 44.1. The van der Waals surface area contributed by atoms with E-state index in [1.807, 2.05) is 18.2 Å². The van der Waals surface area contributed by atoms with E-state index in [0.29, 0.717) is 32.1 Å². The molecule has 0 bridgehead atoms. The van der Waals surface area contributed by atoms with E-state index in [9.17, 15) is 43.2 Å². The third-order valence-corrected chi connectivity index (χ3v) is 18.7. The van der Waals surface area contributed by atoms with Crippen LogP contribution < -0.4 is 0 Å². The summed E-state index contributed by atoms with van der Waals surface area (Å²) in [5, 5.41) is 10.6. The van der Waals surface area contributed by atoms with Crippen molar-refractivity contribution < 1.29 is 80.2 Å². The van der Waals surface area contributed by atoms with Crippen LogP contribution in [0.5, 0.6) is 0 Å². The van der Waals surface area contributed by atoms with Crippen LogP contribution in [-0.4, -0.2) is 96.7 Å². The average molecular weight is 1530 g/mol. The van der Waals surface area contributed by atoms with Gasteiger partial charge in [-0.25, -0.2) is 9.13 Å². The number of aliphatic hydroxyl groups excluding tert-OH is 1. The summed E-state index contributed by atoms with van der Waals surface area (Å²) in [5.74, 6) is -2.32. The van der Waals surface area contributed by atoms with Crippen LogP contribution in [0.1, 0.15) is 323 Å². The first-order valence-electron chi connectivity index (χ1n) is 41.1. The molecule has 17 nitrogen and oxygen atoms in total. The molecule has 0 amide bonds. The number of hydrogen-bond acceptors (Lipinski definition) is 15. The zero-order valence-corrected chi connectivity index (χ0v) is 68.1. The fraction of sp³-hybridized carbons (Fsp3) is 0.678. The number of rotatable bonds is 76. The summed E-state index contributed by atoms with van der Waals surface area (Å²) < 4.78 is 68.6. The number of hydrogen-bond donors (Lipinski definition) is 3. The number of carbonyl (C=O) groups excluding carboxylic acids is 4. The first-order chi connectivity index (χ1) is 51.7. The van der Waals surface area contributed by atoms with Gasteiger partial charge in [0.25, 0.3) is 0 Å². The summed E-state index contributed by atoms with van der Waals surface area (Å²) in [6.45, 7) is 4.58. The van der Waals surface area contributed by atoms with Crippen LogP contribution in [0.2, 0.25) is 0 Å². The molecule has 19 heteroatoms. The number of phosphoric acid groups is 2. The molecule has 0 aliphatic heterocycles. The number of carbonyl (C=O) groups is 4. The number of unbranched alkanes of at least 4 members (excludes halogenated alkanes) is 26. The van der Waals surface area contributed by atoms with Crippen LogP contribution in [0.25, 0.3) is 0 Å². The summed E-state index contributed by atoms with van der Waals surface area (Å²) in [5.41, 5.74) is 0. The molecular weight excluding hydrogens is 1380 g/mol. The molecule has 0 aromatic carbocycles. The van der Waals surface area contributed by atoms with E-state index in [4.69, 9.17) is 37.0 Å². The molecule has 0 aromatic rings. The van der Waals surface area contributed by atoms with Gasteiger partial charge in [0.2, 0.25) is 0 Å². The lowest BCUT2D eigenvalue weighted by atomic mass is 10.1. The Morgan fingerprint density at radius 1 is 0.274 bits per heavy atom. The minimum absolute atomic E-state index is 0.0339. The van der Waals surface area contributed by atoms with Gasteiger partial charge in [-0.2, -0.15) is 0 Å². The van der Waals surface area contributed by atoms with Crippen molar-refractivity contribution in [3.05, 3.63) is 146 Å². The van der Waals surface area contributed by atoms with Gasteiger partial charge in [-0.1, -0.05) is 283 Å². The van der Waals surface area contributed by atoms with Crippen LogP contribution in [0, 0.1) is 0 Å². The van der Waals surface area contributed by atoms with E-state index in [-0.39, 0.29) is 25.7 Å². The summed E-state index contributed by atoms with van der Waals surface area (Å²) in [7, 11) is -10.0. The standard InChI is InChI=1S/C87H146O17P2/c1-5-9-13-17-21-25-29-33-36-38-40-42-45-49-53-57-61-65-69-73-86(91)103-82(77-97-84(89)71-67-63-59-55-51-47-32-28-24-20-16-12-8-4)79-101-105(93,94)99-75-81(88)76-100-106(95,96)102-80-83(78-98-85(90)72-68-64-60-56-52-48-44-35-31-27-23-19-15-11-7-3)104-87(92)74-70-66-62-58-54-50-46-43-41-39-37-34-30-26-22-18-14-10-6-2/h10,14,21-22,25-28,31-34,36-37,40-43,49-50,53-54,61,65,81-83,88H,5-9,11-13,15-20,23-24,29-30,35,38-39,44-48,51-52,55-60,62-64,66-80H2,1-4H3,(H,93,94)(H,95,96)/b14-10-,25-21-,26-22-,31-27-,32-28-,36-33-,37-34-,42-40-,43-41-,53-49-,54-50-,65-61-/t81-,82+,83+/m0/s1. The largest absolute Gasteiger partial charge is 0.472 e. The Bertz CT molecular complexity index is 2580. The van der Waals surface area contributed by atoms with Gasteiger partial charge in [0.15, 0.2) is 12.2 Å². The lowest BCUT2D eigenvalue weighted by Crippen LogP contribution is -2.30. The molecule has 0 spiro atoms. The highest BCUT2D eigenvalue weighted by Gasteiger charge is 2.30. The highest BCUT2D eigenvalue weighted by atomic mass is 31.2. The third-order valence-electron chi connectivity index (χ3n) is 16.8. The molecule has 0 fully saturated rings. The topological polar surface area (TPSA) is 237 Å². The van der Waals surface area contributed by atoms with E-state index in [2.05, 4.69) is 155 Å². The Balaban J connectivity index is 5.48. The monoisotopic (exact) mass is 1530 g/mol. The van der Waals surface area contributed by atoms with Gasteiger partial charge in [0.1, 0.15) is 19.3 Å². The van der Waals surface area contributed by atoms with Crippen LogP contribution >= 0.6 is 15.6 Å². The minimum Gasteiger partial charge on any atom is -0.462 e. The van der Waals surface area contributed by atoms with Crippen molar-refractivity contribution in [1.82, 2.24) is 0 Å². The molecular formula is C87H146O17P2. The first kappa shape index (κ1) is 101. The van der Waals surface area contributed by atoms with Gasteiger partial charge in [-0.15, -0.1) is 0 Å². The normalized spacial score (nSPS) is 14.6. The Hall–Kier alpha value is -5.06. The average Bonchev–Trinajstić information content (AvgIpc) is 1.23. The van der Waals surface area contributed by atoms with Gasteiger partial charge in [0.05, 0.1) is 26.4 Å². The maximum atomic E-state index is 13.1. The second-order valence-corrected chi connectivity index (χ2v) is 29.9. The predicted molar refractivity (Wildman–Crippen MR) is 436 cm³/mol. The van der Waals surface area contributed by atoms with Crippen molar-refractivity contribution in [1.29, 1.82) is 0 Å². The molecule has 0 aliphatic carbocycles. The summed E-state index contributed by atoms with van der Waals surface area (Å²) in [6.07, 6.45) is 89.8. The molecule has 106 heavy (non-hydrogen) atoms. The van der Waals surface area contributed by atoms with Crippen molar-refractivity contribution >= 4 is 39.5 Å². The molecule has 5 atom stereocenters. The highest BCUT2D eigenvalue weighted by molar-refractivity contribution is 7.47. The van der Waals surface area contributed by atoms with Crippen LogP contribution in [0.15, 0.2) is 146 Å². The van der Waals surface area contributed by atoms with Crippen LogP contribution in [-0.2, 0) is 65.4 Å². The van der Waals surface area contributed by atoms with Crippen molar-refractivity contribution in [2.45, 2.75) is 341 Å². The molecule has 0 aromatic heterocycles. The third kappa shape index (κ3) is 77.1. The molecule has 3 N–H and O–H groups in total. The van der Waals surface area contributed by atoms with Crippen LogP contribution in [0.3, 0.4) is 0 Å². The second-order valence-electron chi connectivity index (χ2n) is 27.0. The summed E-state index contributed by atoms with van der Waals surface area (Å²) in [4.78, 5) is 73.1. The van der Waals surface area contributed by atoms with Gasteiger partial charge in [-0.05, 0) is 161 Å². The minimum atomic E-state index is -5.01. The Morgan fingerprint density at radius 2 is 0.509 bits per heavy atom. The lowest BCUT2D eigenvalue weighted by Gasteiger charge is -2.21. The predicted octanol–water partition coefficient (Wildman–Crippen LogP) is 24.2. The molecule has 0 saturated carbocycles. The van der Waals surface area contributed by atoms with E-state index in [1.165, 1.54) is 77.0 Å². The van der Waals surface area contributed by atoms with Crippen molar-refractivity contribution in [3.63, 3.8) is 0 Å². The van der Waals surface area contributed by atoms with Gasteiger partial charge in [0, 0.05) is 25.7 Å². The van der Waals surface area contributed by atoms with Gasteiger partial charge < -0.3 is 33.8 Å². The molecule has 0 aliphatic rings. The number of aliphatic hydroxyl groups is 1. The van der Waals surface area contributed by atoms with Crippen molar-refractivity contribution in [2.75, 3.05) is 39.6 Å². The Labute approximate surface area is 643 Å². The second kappa shape index (κ2) is 78.1. The summed E-state index contributed by atoms with van der Waals surface area (Å²) in [6, 6.07) is 0. The SMILES string of the molecule is CC/C=C\C/C=C\C/C=C\C/C=C\C/C=C\CCCCCC(=O)O[C@H](COC(=O)CCCCCCCCC/C=C\CCCCCC)COP(=O)(O)OC[C@@H](O)COP(=O)(O)OC[C@@H](COC(=O)CCCCCCC/C=C\CCCCCC)OC(=O)CC/C=C\C/C=C\C/C=C\C/C=C\C/C=C\CCCCC. The van der Waals surface area contributed by atoms with Gasteiger partial charge in [-0.3, -0.25) is 37.3 Å². The highest BCUT2D eigenvalue weighted by Crippen LogP contribution is 2.45. The number of allylic oxidation sites excluding steroid dienone is 24. The maximum Gasteiger partial charge on any atom is 0.472 e. The molecule has 0 rings (SSSR count). The molecule has 2 unspecified atom stereocenters. The van der Waals surface area contributed by atoms with Gasteiger partial charge >= 0.3 is 39.5 Å².